The van der Waals surface area contributed by atoms with Crippen LogP contribution in [0.1, 0.15) is 47.0 Å². The number of rotatable bonds is 3. The monoisotopic (exact) mass is 198 g/mol. The minimum Gasteiger partial charge on any atom is -0.393 e. The van der Waals surface area contributed by atoms with Gasteiger partial charge >= 0.3 is 11.9 Å². The van der Waals surface area contributed by atoms with Crippen molar-refractivity contribution in [1.82, 2.24) is 0 Å². The Morgan fingerprint density at radius 1 is 1.43 bits per heavy atom. The highest BCUT2D eigenvalue weighted by molar-refractivity contribution is 5.97. The highest BCUT2D eigenvalue weighted by atomic mass is 16.6. The molecule has 0 aromatic heterocycles. The van der Waals surface area contributed by atoms with Crippen molar-refractivity contribution < 1.29 is 14.3 Å². The van der Waals surface area contributed by atoms with Crippen molar-refractivity contribution in [2.45, 2.75) is 47.0 Å². The molecule has 0 aromatic carbocycles. The quantitative estimate of drug-likeness (QED) is 0.516. The second-order valence-electron chi connectivity index (χ2n) is 5.19. The maximum Gasteiger partial charge on any atom is 0.320 e. The smallest absolute Gasteiger partial charge is 0.320 e. The van der Waals surface area contributed by atoms with Crippen LogP contribution in [0.5, 0.6) is 0 Å². The van der Waals surface area contributed by atoms with E-state index in [2.05, 4.69) is 25.5 Å². The van der Waals surface area contributed by atoms with Crippen LogP contribution in [0.25, 0.3) is 0 Å². The topological polar surface area (TPSA) is 43.4 Å². The summed E-state index contributed by atoms with van der Waals surface area (Å²) in [6, 6.07) is 0. The number of hydrogen-bond donors (Lipinski definition) is 0. The molecule has 0 amide bonds. The standard InChI is InChI=1S/C11H18O3/c1-5-10(2,3)7-11(4)6-8(12)14-9(11)13/h5-7H2,1-4H3. The van der Waals surface area contributed by atoms with Crippen LogP contribution in [0.2, 0.25) is 0 Å². The minimum atomic E-state index is -0.601. The predicted molar refractivity (Wildman–Crippen MR) is 52.5 cm³/mol. The first-order chi connectivity index (χ1) is 6.29. The van der Waals surface area contributed by atoms with Crippen molar-refractivity contribution >= 4 is 11.9 Å². The van der Waals surface area contributed by atoms with Gasteiger partial charge in [0.05, 0.1) is 11.8 Å². The Balaban J connectivity index is 2.77. The van der Waals surface area contributed by atoms with E-state index in [1.807, 2.05) is 6.92 Å². The summed E-state index contributed by atoms with van der Waals surface area (Å²) in [4.78, 5) is 22.5. The van der Waals surface area contributed by atoms with Crippen LogP contribution in [0.3, 0.4) is 0 Å². The van der Waals surface area contributed by atoms with Gasteiger partial charge in [0.15, 0.2) is 0 Å². The van der Waals surface area contributed by atoms with Crippen molar-refractivity contribution in [3.8, 4) is 0 Å². The first kappa shape index (κ1) is 11.2. The van der Waals surface area contributed by atoms with Gasteiger partial charge in [-0.1, -0.05) is 27.2 Å². The van der Waals surface area contributed by atoms with Crippen LogP contribution < -0.4 is 0 Å². The van der Waals surface area contributed by atoms with Crippen LogP contribution in [-0.4, -0.2) is 11.9 Å². The molecule has 80 valence electrons. The first-order valence-electron chi connectivity index (χ1n) is 5.04. The molecule has 0 radical (unpaired) electrons. The van der Waals surface area contributed by atoms with E-state index in [1.165, 1.54) is 0 Å². The third-order valence-corrected chi connectivity index (χ3v) is 3.06. The predicted octanol–water partition coefficient (Wildman–Crippen LogP) is 2.29. The Bertz CT molecular complexity index is 268. The summed E-state index contributed by atoms with van der Waals surface area (Å²) >= 11 is 0. The lowest BCUT2D eigenvalue weighted by molar-refractivity contribution is -0.155. The normalized spacial score (nSPS) is 28.0. The summed E-state index contributed by atoms with van der Waals surface area (Å²) in [6.45, 7) is 8.12. The molecule has 1 heterocycles. The number of ether oxygens (including phenoxy) is 1. The van der Waals surface area contributed by atoms with E-state index >= 15 is 0 Å². The van der Waals surface area contributed by atoms with Crippen molar-refractivity contribution in [3.05, 3.63) is 0 Å². The van der Waals surface area contributed by atoms with Crippen molar-refractivity contribution in [3.63, 3.8) is 0 Å². The molecule has 3 heteroatoms. The van der Waals surface area contributed by atoms with Gasteiger partial charge in [0, 0.05) is 0 Å². The van der Waals surface area contributed by atoms with E-state index in [1.54, 1.807) is 0 Å². The zero-order valence-electron chi connectivity index (χ0n) is 9.35. The lowest BCUT2D eigenvalue weighted by atomic mass is 9.72. The molecule has 0 N–H and O–H groups in total. The zero-order valence-corrected chi connectivity index (χ0v) is 9.35. The Kier molecular flexibility index (Phi) is 2.70. The summed E-state index contributed by atoms with van der Waals surface area (Å²) in [5.74, 6) is -0.742. The molecular formula is C11H18O3. The largest absolute Gasteiger partial charge is 0.393 e. The van der Waals surface area contributed by atoms with E-state index in [0.29, 0.717) is 6.42 Å². The molecule has 1 saturated heterocycles. The Morgan fingerprint density at radius 3 is 2.36 bits per heavy atom. The van der Waals surface area contributed by atoms with Gasteiger partial charge in [0.1, 0.15) is 0 Å². The first-order valence-corrected chi connectivity index (χ1v) is 5.04. The molecule has 0 spiro atoms. The van der Waals surface area contributed by atoms with Gasteiger partial charge in [-0.3, -0.25) is 9.59 Å². The fraction of sp³-hybridized carbons (Fsp3) is 0.818. The van der Waals surface area contributed by atoms with Crippen LogP contribution >= 0.6 is 0 Å². The molecule has 14 heavy (non-hydrogen) atoms. The third-order valence-electron chi connectivity index (χ3n) is 3.06. The summed E-state index contributed by atoms with van der Waals surface area (Å²) in [6.07, 6.45) is 1.93. The van der Waals surface area contributed by atoms with Gasteiger partial charge in [0.2, 0.25) is 0 Å². The lowest BCUT2D eigenvalue weighted by Crippen LogP contribution is -2.29. The number of hydrogen-bond acceptors (Lipinski definition) is 3. The summed E-state index contributed by atoms with van der Waals surface area (Å²) in [5.41, 5.74) is -0.519. The van der Waals surface area contributed by atoms with Crippen molar-refractivity contribution in [2.75, 3.05) is 0 Å². The highest BCUT2D eigenvalue weighted by Gasteiger charge is 2.47. The summed E-state index contributed by atoms with van der Waals surface area (Å²) < 4.78 is 4.59. The van der Waals surface area contributed by atoms with E-state index in [-0.39, 0.29) is 23.8 Å². The number of carbonyl (C=O) groups excluding carboxylic acids is 2. The number of cyclic esters (lactones) is 2. The van der Waals surface area contributed by atoms with Crippen LogP contribution in [0.4, 0.5) is 0 Å². The second-order valence-corrected chi connectivity index (χ2v) is 5.19. The Morgan fingerprint density at radius 2 is 2.00 bits per heavy atom. The third kappa shape index (κ3) is 2.14. The van der Waals surface area contributed by atoms with Gasteiger partial charge < -0.3 is 4.74 Å². The fourth-order valence-corrected chi connectivity index (χ4v) is 1.97. The van der Waals surface area contributed by atoms with Gasteiger partial charge in [-0.25, -0.2) is 0 Å². The van der Waals surface area contributed by atoms with Gasteiger partial charge in [-0.15, -0.1) is 0 Å². The molecule has 0 aromatic rings. The lowest BCUT2D eigenvalue weighted by Gasteiger charge is -2.30. The molecule has 0 bridgehead atoms. The van der Waals surface area contributed by atoms with Crippen molar-refractivity contribution in [1.29, 1.82) is 0 Å². The fourth-order valence-electron chi connectivity index (χ4n) is 1.97. The number of esters is 2. The average Bonchev–Trinajstić information content (AvgIpc) is 2.24. The maximum atomic E-state index is 11.5. The van der Waals surface area contributed by atoms with Crippen LogP contribution in [-0.2, 0) is 14.3 Å². The molecule has 1 rings (SSSR count). The molecule has 1 aliphatic rings. The molecule has 1 unspecified atom stereocenters. The van der Waals surface area contributed by atoms with E-state index < -0.39 is 5.41 Å². The Labute approximate surface area is 84.8 Å². The summed E-state index contributed by atoms with van der Waals surface area (Å²) in [5, 5.41) is 0. The second kappa shape index (κ2) is 3.37. The van der Waals surface area contributed by atoms with Crippen LogP contribution in [0, 0.1) is 10.8 Å². The van der Waals surface area contributed by atoms with Crippen LogP contribution in [0.15, 0.2) is 0 Å². The molecule has 0 aliphatic carbocycles. The molecule has 1 atom stereocenters. The van der Waals surface area contributed by atoms with E-state index in [0.717, 1.165) is 6.42 Å². The molecule has 1 aliphatic heterocycles. The molecular weight excluding hydrogens is 180 g/mol. The minimum absolute atomic E-state index is 0.0817. The van der Waals surface area contributed by atoms with E-state index in [9.17, 15) is 9.59 Å². The highest BCUT2D eigenvalue weighted by Crippen LogP contribution is 2.42. The van der Waals surface area contributed by atoms with Gasteiger partial charge in [-0.05, 0) is 18.8 Å². The molecule has 0 saturated carbocycles. The van der Waals surface area contributed by atoms with Crippen molar-refractivity contribution in [2.24, 2.45) is 10.8 Å². The SMILES string of the molecule is CCC(C)(C)CC1(C)CC(=O)OC1=O. The zero-order chi connectivity index (χ0) is 11.0. The average molecular weight is 198 g/mol. The number of carbonyl (C=O) groups is 2. The van der Waals surface area contributed by atoms with E-state index in [4.69, 9.17) is 0 Å². The maximum absolute atomic E-state index is 11.5. The molecule has 1 fully saturated rings. The Hall–Kier alpha value is -0.860. The van der Waals surface area contributed by atoms with Gasteiger partial charge in [-0.2, -0.15) is 0 Å². The van der Waals surface area contributed by atoms with Gasteiger partial charge in [0.25, 0.3) is 0 Å². The summed E-state index contributed by atoms with van der Waals surface area (Å²) in [7, 11) is 0. The molecule has 3 nitrogen and oxygen atoms in total.